The van der Waals surface area contributed by atoms with Gasteiger partial charge in [0, 0.05) is 24.7 Å². The largest absolute Gasteiger partial charge is 0.352 e. The number of amides is 2. The van der Waals surface area contributed by atoms with Gasteiger partial charge in [0.1, 0.15) is 5.69 Å². The van der Waals surface area contributed by atoms with Gasteiger partial charge in [0.2, 0.25) is 5.91 Å². The van der Waals surface area contributed by atoms with Gasteiger partial charge in [0.05, 0.1) is 6.20 Å². The van der Waals surface area contributed by atoms with E-state index in [-0.39, 0.29) is 17.9 Å². The molecular weight excluding hydrogens is 312 g/mol. The number of imidazole rings is 1. The highest BCUT2D eigenvalue weighted by atomic mass is 32.2. The zero-order valence-electron chi connectivity index (χ0n) is 12.8. The summed E-state index contributed by atoms with van der Waals surface area (Å²) in [5.74, 6) is -0.147. The van der Waals surface area contributed by atoms with Crippen molar-refractivity contribution in [3.8, 4) is 5.69 Å². The lowest BCUT2D eigenvalue weighted by Crippen LogP contribution is -2.38. The summed E-state index contributed by atoms with van der Waals surface area (Å²) in [6.07, 6.45) is 4.80. The fraction of sp³-hybridized carbons (Fsp3) is 0.312. The summed E-state index contributed by atoms with van der Waals surface area (Å²) in [6.45, 7) is 0.430. The number of nitrogens with zero attached hydrogens (tertiary/aromatic N) is 2. The summed E-state index contributed by atoms with van der Waals surface area (Å²) < 4.78 is 1.84. The highest BCUT2D eigenvalue weighted by Gasteiger charge is 2.23. The van der Waals surface area contributed by atoms with E-state index in [1.165, 1.54) is 11.8 Å². The van der Waals surface area contributed by atoms with E-state index >= 15 is 0 Å². The molecule has 3 rings (SSSR count). The zero-order chi connectivity index (χ0) is 16.2. The normalized spacial score (nSPS) is 17.1. The summed E-state index contributed by atoms with van der Waals surface area (Å²) in [6, 6.07) is 9.68. The van der Waals surface area contributed by atoms with E-state index in [1.807, 2.05) is 41.2 Å². The average molecular weight is 330 g/mol. The van der Waals surface area contributed by atoms with Crippen molar-refractivity contribution in [1.29, 1.82) is 0 Å². The Hall–Kier alpha value is -2.28. The second-order valence-electron chi connectivity index (χ2n) is 5.31. The Morgan fingerprint density at radius 1 is 1.43 bits per heavy atom. The molecule has 1 fully saturated rings. The van der Waals surface area contributed by atoms with Crippen LogP contribution >= 0.6 is 11.8 Å². The van der Waals surface area contributed by atoms with Gasteiger partial charge >= 0.3 is 0 Å². The number of carbonyl (C=O) groups is 2. The van der Waals surface area contributed by atoms with E-state index in [1.54, 1.807) is 6.20 Å². The number of nitrogens with one attached hydrogen (secondary N) is 2. The molecular formula is C16H18N4O2S. The van der Waals surface area contributed by atoms with Gasteiger partial charge in [-0.05, 0) is 24.8 Å². The van der Waals surface area contributed by atoms with Crippen LogP contribution in [0.25, 0.3) is 5.69 Å². The number of aromatic nitrogens is 2. The monoisotopic (exact) mass is 330 g/mol. The van der Waals surface area contributed by atoms with Crippen molar-refractivity contribution in [3.63, 3.8) is 0 Å². The Balaban J connectivity index is 1.78. The number of rotatable bonds is 5. The molecule has 2 N–H and O–H groups in total. The fourth-order valence-electron chi connectivity index (χ4n) is 2.60. The van der Waals surface area contributed by atoms with Crippen LogP contribution in [0.15, 0.2) is 41.7 Å². The molecule has 7 heteroatoms. The molecule has 0 unspecified atom stereocenters. The Kier molecular flexibility index (Phi) is 4.66. The van der Waals surface area contributed by atoms with Crippen molar-refractivity contribution < 1.29 is 9.59 Å². The standard InChI is InChI=1S/C16H18N4O2S/c1-23-16-18-10-13(20(16)12-5-3-2-4-6-12)15(22)17-9-11-7-8-14(21)19-11/h2-6,10-11H,7-9H2,1H3,(H,17,22)(H,19,21)/t11-/m1/s1. The van der Waals surface area contributed by atoms with Crippen LogP contribution in [0.5, 0.6) is 0 Å². The summed E-state index contributed by atoms with van der Waals surface area (Å²) in [5, 5.41) is 6.49. The van der Waals surface area contributed by atoms with Crippen LogP contribution in [0.1, 0.15) is 23.3 Å². The summed E-state index contributed by atoms with van der Waals surface area (Å²) in [4.78, 5) is 28.0. The number of thioether (sulfide) groups is 1. The first-order valence-electron chi connectivity index (χ1n) is 7.43. The summed E-state index contributed by atoms with van der Waals surface area (Å²) in [7, 11) is 0. The Morgan fingerprint density at radius 2 is 2.22 bits per heavy atom. The predicted molar refractivity (Wildman–Crippen MR) is 88.8 cm³/mol. The molecule has 1 aromatic heterocycles. The molecule has 2 amide bonds. The molecule has 0 aliphatic carbocycles. The molecule has 1 saturated heterocycles. The molecule has 120 valence electrons. The van der Waals surface area contributed by atoms with Crippen molar-refractivity contribution in [2.24, 2.45) is 0 Å². The first-order valence-corrected chi connectivity index (χ1v) is 8.66. The van der Waals surface area contributed by atoms with Crippen molar-refractivity contribution >= 4 is 23.6 Å². The minimum atomic E-state index is -0.192. The number of hydrogen-bond acceptors (Lipinski definition) is 4. The van der Waals surface area contributed by atoms with Crippen molar-refractivity contribution in [2.75, 3.05) is 12.8 Å². The van der Waals surface area contributed by atoms with Crippen LogP contribution in [0, 0.1) is 0 Å². The number of para-hydroxylation sites is 1. The maximum atomic E-state index is 12.5. The van der Waals surface area contributed by atoms with Gasteiger partial charge in [-0.25, -0.2) is 4.98 Å². The molecule has 6 nitrogen and oxygen atoms in total. The molecule has 1 aliphatic rings. The van der Waals surface area contributed by atoms with Gasteiger partial charge in [0.25, 0.3) is 5.91 Å². The van der Waals surface area contributed by atoms with Crippen LogP contribution in [-0.2, 0) is 4.79 Å². The number of hydrogen-bond donors (Lipinski definition) is 2. The minimum Gasteiger partial charge on any atom is -0.352 e. The second-order valence-corrected chi connectivity index (χ2v) is 6.09. The van der Waals surface area contributed by atoms with Gasteiger partial charge in [0.15, 0.2) is 5.16 Å². The third kappa shape index (κ3) is 3.39. The molecule has 23 heavy (non-hydrogen) atoms. The van der Waals surface area contributed by atoms with Crippen molar-refractivity contribution in [2.45, 2.75) is 24.0 Å². The predicted octanol–water partition coefficient (Wildman–Crippen LogP) is 1.60. The first kappa shape index (κ1) is 15.6. The number of benzene rings is 1. The summed E-state index contributed by atoms with van der Waals surface area (Å²) in [5.41, 5.74) is 1.39. The quantitative estimate of drug-likeness (QED) is 0.817. The average Bonchev–Trinajstić information content (AvgIpc) is 3.19. The highest BCUT2D eigenvalue weighted by Crippen LogP contribution is 2.21. The van der Waals surface area contributed by atoms with Gasteiger partial charge in [-0.3, -0.25) is 14.2 Å². The molecule has 1 aromatic carbocycles. The molecule has 0 radical (unpaired) electrons. The summed E-state index contributed by atoms with van der Waals surface area (Å²) >= 11 is 1.49. The van der Waals surface area contributed by atoms with Crippen molar-refractivity contribution in [3.05, 3.63) is 42.2 Å². The van der Waals surface area contributed by atoms with E-state index < -0.39 is 0 Å². The van der Waals surface area contributed by atoms with E-state index in [0.717, 1.165) is 17.3 Å². The Bertz CT molecular complexity index is 714. The maximum absolute atomic E-state index is 12.5. The Morgan fingerprint density at radius 3 is 2.87 bits per heavy atom. The highest BCUT2D eigenvalue weighted by molar-refractivity contribution is 7.98. The Labute approximate surface area is 138 Å². The van der Waals surface area contributed by atoms with E-state index in [4.69, 9.17) is 0 Å². The molecule has 0 bridgehead atoms. The molecule has 2 heterocycles. The van der Waals surface area contributed by atoms with E-state index in [2.05, 4.69) is 15.6 Å². The van der Waals surface area contributed by atoms with Crippen LogP contribution in [0.3, 0.4) is 0 Å². The van der Waals surface area contributed by atoms with Gasteiger partial charge in [-0.1, -0.05) is 30.0 Å². The molecule has 0 saturated carbocycles. The number of carbonyl (C=O) groups excluding carboxylic acids is 2. The lowest BCUT2D eigenvalue weighted by molar-refractivity contribution is -0.119. The minimum absolute atomic E-state index is 0.0135. The van der Waals surface area contributed by atoms with Crippen LogP contribution in [0.2, 0.25) is 0 Å². The molecule has 1 aliphatic heterocycles. The van der Waals surface area contributed by atoms with Crippen LogP contribution < -0.4 is 10.6 Å². The van der Waals surface area contributed by atoms with Gasteiger partial charge in [-0.2, -0.15) is 0 Å². The zero-order valence-corrected chi connectivity index (χ0v) is 13.6. The molecule has 0 spiro atoms. The third-order valence-electron chi connectivity index (χ3n) is 3.75. The topological polar surface area (TPSA) is 76.0 Å². The van der Waals surface area contributed by atoms with Crippen LogP contribution in [-0.4, -0.2) is 40.2 Å². The second kappa shape index (κ2) is 6.87. The van der Waals surface area contributed by atoms with Crippen molar-refractivity contribution in [1.82, 2.24) is 20.2 Å². The smallest absolute Gasteiger partial charge is 0.270 e. The molecule has 2 aromatic rings. The SMILES string of the molecule is CSc1ncc(C(=O)NC[C@H]2CCC(=O)N2)n1-c1ccccc1. The van der Waals surface area contributed by atoms with E-state index in [9.17, 15) is 9.59 Å². The fourth-order valence-corrected chi connectivity index (χ4v) is 3.15. The molecule has 1 atom stereocenters. The van der Waals surface area contributed by atoms with E-state index in [0.29, 0.717) is 18.7 Å². The van der Waals surface area contributed by atoms with Crippen LogP contribution in [0.4, 0.5) is 0 Å². The maximum Gasteiger partial charge on any atom is 0.270 e. The third-order valence-corrected chi connectivity index (χ3v) is 4.41. The van der Waals surface area contributed by atoms with Gasteiger partial charge in [-0.15, -0.1) is 0 Å². The lowest BCUT2D eigenvalue weighted by Gasteiger charge is -2.13. The first-order chi connectivity index (χ1) is 11.2. The van der Waals surface area contributed by atoms with Gasteiger partial charge < -0.3 is 10.6 Å². The lowest BCUT2D eigenvalue weighted by atomic mass is 10.2.